The zero-order chi connectivity index (χ0) is 19.9. The van der Waals surface area contributed by atoms with Crippen molar-refractivity contribution in [2.75, 3.05) is 26.7 Å². The Labute approximate surface area is 166 Å². The molecule has 6 nitrogen and oxygen atoms in total. The summed E-state index contributed by atoms with van der Waals surface area (Å²) in [5.41, 5.74) is 5.72. The summed E-state index contributed by atoms with van der Waals surface area (Å²) in [4.78, 5) is 29.5. The Kier molecular flexibility index (Phi) is 5.02. The standard InChI is InChI=1S/C22H29N3O3/c1-15-5-3-4-6-17(15)16-7-11-25(12-8-16)21(27)19-18(20(26)23-28)13-22(9-10-22)14-24(19)2/h3-7,18-19,28H,8-14H2,1-2H3,(H,23,26). The average Bonchev–Trinajstić information content (AvgIpc) is 3.45. The van der Waals surface area contributed by atoms with Gasteiger partial charge < -0.3 is 4.90 Å². The normalized spacial score (nSPS) is 26.7. The predicted molar refractivity (Wildman–Crippen MR) is 106 cm³/mol. The lowest BCUT2D eigenvalue weighted by atomic mass is 9.80. The van der Waals surface area contributed by atoms with E-state index in [4.69, 9.17) is 0 Å². The molecule has 0 aromatic heterocycles. The van der Waals surface area contributed by atoms with E-state index >= 15 is 0 Å². The summed E-state index contributed by atoms with van der Waals surface area (Å²) in [7, 11) is 1.93. The van der Waals surface area contributed by atoms with Crippen LogP contribution in [0.15, 0.2) is 30.3 Å². The van der Waals surface area contributed by atoms with Crippen LogP contribution >= 0.6 is 0 Å². The first-order valence-electron chi connectivity index (χ1n) is 10.1. The Morgan fingerprint density at radius 2 is 2.00 bits per heavy atom. The monoisotopic (exact) mass is 383 g/mol. The minimum atomic E-state index is -0.508. The molecule has 1 aromatic carbocycles. The third-order valence-electron chi connectivity index (χ3n) is 6.76. The summed E-state index contributed by atoms with van der Waals surface area (Å²) >= 11 is 0. The van der Waals surface area contributed by atoms with Gasteiger partial charge in [-0.1, -0.05) is 30.3 Å². The second-order valence-electron chi connectivity index (χ2n) is 8.73. The van der Waals surface area contributed by atoms with Gasteiger partial charge >= 0.3 is 0 Å². The van der Waals surface area contributed by atoms with E-state index in [1.807, 2.05) is 29.0 Å². The topological polar surface area (TPSA) is 72.9 Å². The maximum atomic E-state index is 13.3. The van der Waals surface area contributed by atoms with Crippen molar-refractivity contribution < 1.29 is 14.8 Å². The summed E-state index contributed by atoms with van der Waals surface area (Å²) in [6, 6.07) is 7.81. The van der Waals surface area contributed by atoms with Crippen molar-refractivity contribution in [3.63, 3.8) is 0 Å². The number of hydrogen-bond donors (Lipinski definition) is 2. The van der Waals surface area contributed by atoms with Crippen molar-refractivity contribution in [2.45, 2.75) is 38.6 Å². The maximum Gasteiger partial charge on any atom is 0.248 e. The Morgan fingerprint density at radius 1 is 1.25 bits per heavy atom. The van der Waals surface area contributed by atoms with Gasteiger partial charge in [0.15, 0.2) is 0 Å². The van der Waals surface area contributed by atoms with Crippen LogP contribution in [0.4, 0.5) is 0 Å². The molecule has 4 rings (SSSR count). The van der Waals surface area contributed by atoms with Crippen molar-refractivity contribution in [1.29, 1.82) is 0 Å². The molecule has 2 fully saturated rings. The number of carbonyl (C=O) groups is 2. The van der Waals surface area contributed by atoms with Crippen LogP contribution in [0.2, 0.25) is 0 Å². The molecule has 0 radical (unpaired) electrons. The number of carbonyl (C=O) groups excluding carboxylic acids is 2. The van der Waals surface area contributed by atoms with Crippen molar-refractivity contribution in [3.05, 3.63) is 41.5 Å². The lowest BCUT2D eigenvalue weighted by Crippen LogP contribution is -2.59. The number of hydroxylamine groups is 1. The molecule has 2 unspecified atom stereocenters. The molecule has 2 atom stereocenters. The zero-order valence-corrected chi connectivity index (χ0v) is 16.6. The van der Waals surface area contributed by atoms with Gasteiger partial charge in [-0.15, -0.1) is 0 Å². The molecule has 1 aliphatic carbocycles. The third-order valence-corrected chi connectivity index (χ3v) is 6.76. The number of likely N-dealkylation sites (tertiary alicyclic amines) is 1. The summed E-state index contributed by atoms with van der Waals surface area (Å²) in [5, 5.41) is 9.21. The Morgan fingerprint density at radius 3 is 2.61 bits per heavy atom. The number of amides is 2. The maximum absolute atomic E-state index is 13.3. The van der Waals surface area contributed by atoms with Gasteiger partial charge in [0.1, 0.15) is 6.04 Å². The third kappa shape index (κ3) is 3.47. The molecule has 3 aliphatic rings. The highest BCUT2D eigenvalue weighted by Crippen LogP contribution is 2.54. The molecule has 6 heteroatoms. The summed E-state index contributed by atoms with van der Waals surface area (Å²) in [6.45, 7) is 4.17. The van der Waals surface area contributed by atoms with Crippen LogP contribution in [0, 0.1) is 18.3 Å². The first-order chi connectivity index (χ1) is 13.4. The van der Waals surface area contributed by atoms with Gasteiger partial charge in [-0.25, -0.2) is 5.48 Å². The van der Waals surface area contributed by atoms with Crippen LogP contribution in [0.25, 0.3) is 5.57 Å². The lowest BCUT2D eigenvalue weighted by Gasteiger charge is -2.43. The second kappa shape index (κ2) is 7.33. The number of hydrogen-bond acceptors (Lipinski definition) is 4. The number of likely N-dealkylation sites (N-methyl/N-ethyl adjacent to an activating group) is 1. The Hall–Kier alpha value is -2.18. The zero-order valence-electron chi connectivity index (χ0n) is 16.6. The molecule has 1 aromatic rings. The molecule has 2 aliphatic heterocycles. The first-order valence-corrected chi connectivity index (χ1v) is 10.1. The minimum absolute atomic E-state index is 0.00770. The number of piperidine rings is 1. The second-order valence-corrected chi connectivity index (χ2v) is 8.73. The quantitative estimate of drug-likeness (QED) is 0.620. The summed E-state index contributed by atoms with van der Waals surface area (Å²) in [6.07, 6.45) is 5.82. The molecule has 1 saturated heterocycles. The Bertz CT molecular complexity index is 815. The van der Waals surface area contributed by atoms with Gasteiger partial charge in [0.05, 0.1) is 5.92 Å². The number of rotatable bonds is 3. The molecule has 2 amide bonds. The molecular formula is C22H29N3O3. The molecule has 2 heterocycles. The van der Waals surface area contributed by atoms with E-state index in [1.54, 1.807) is 5.48 Å². The van der Waals surface area contributed by atoms with Crippen molar-refractivity contribution in [3.8, 4) is 0 Å². The van der Waals surface area contributed by atoms with E-state index in [0.717, 1.165) is 25.8 Å². The van der Waals surface area contributed by atoms with Crippen LogP contribution < -0.4 is 5.48 Å². The largest absolute Gasteiger partial charge is 0.337 e. The van der Waals surface area contributed by atoms with E-state index in [1.165, 1.54) is 16.7 Å². The molecule has 150 valence electrons. The van der Waals surface area contributed by atoms with E-state index in [9.17, 15) is 14.8 Å². The van der Waals surface area contributed by atoms with Crippen molar-refractivity contribution in [1.82, 2.24) is 15.3 Å². The van der Waals surface area contributed by atoms with Crippen LogP contribution in [-0.2, 0) is 9.59 Å². The van der Waals surface area contributed by atoms with Gasteiger partial charge in [-0.2, -0.15) is 0 Å². The highest BCUT2D eigenvalue weighted by Gasteiger charge is 2.55. The number of aryl methyl sites for hydroxylation is 1. The number of nitrogens with zero attached hydrogens (tertiary/aromatic N) is 2. The fourth-order valence-electron chi connectivity index (χ4n) is 5.03. The molecule has 28 heavy (non-hydrogen) atoms. The smallest absolute Gasteiger partial charge is 0.248 e. The van der Waals surface area contributed by atoms with E-state index in [2.05, 4.69) is 25.1 Å². The summed E-state index contributed by atoms with van der Waals surface area (Å²) < 4.78 is 0. The van der Waals surface area contributed by atoms with Crippen LogP contribution in [0.5, 0.6) is 0 Å². The van der Waals surface area contributed by atoms with Crippen LogP contribution in [0.3, 0.4) is 0 Å². The molecule has 1 spiro atoms. The highest BCUT2D eigenvalue weighted by atomic mass is 16.5. The van der Waals surface area contributed by atoms with Gasteiger partial charge in [0.25, 0.3) is 0 Å². The first kappa shape index (κ1) is 19.2. The fraction of sp³-hybridized carbons (Fsp3) is 0.545. The number of nitrogens with one attached hydrogen (secondary N) is 1. The van der Waals surface area contributed by atoms with E-state index in [-0.39, 0.29) is 11.3 Å². The van der Waals surface area contributed by atoms with Crippen molar-refractivity contribution >= 4 is 17.4 Å². The van der Waals surface area contributed by atoms with E-state index in [0.29, 0.717) is 19.5 Å². The molecule has 2 N–H and O–H groups in total. The average molecular weight is 383 g/mol. The van der Waals surface area contributed by atoms with Crippen LogP contribution in [0.1, 0.15) is 36.8 Å². The minimum Gasteiger partial charge on any atom is -0.337 e. The number of benzene rings is 1. The fourth-order valence-corrected chi connectivity index (χ4v) is 5.03. The van der Waals surface area contributed by atoms with Crippen molar-refractivity contribution in [2.24, 2.45) is 11.3 Å². The summed E-state index contributed by atoms with van der Waals surface area (Å²) in [5.74, 6) is -0.948. The molecule has 1 saturated carbocycles. The van der Waals surface area contributed by atoms with E-state index < -0.39 is 17.9 Å². The van der Waals surface area contributed by atoms with Crippen LogP contribution in [-0.4, -0.2) is 59.5 Å². The Balaban J connectivity index is 1.50. The SMILES string of the molecule is Cc1ccccc1C1=CCN(C(=O)C2C(C(=O)NO)CC3(CC3)CN2C)CC1. The van der Waals surface area contributed by atoms with Gasteiger partial charge in [0, 0.05) is 19.6 Å². The van der Waals surface area contributed by atoms with Gasteiger partial charge in [0.2, 0.25) is 11.8 Å². The highest BCUT2D eigenvalue weighted by molar-refractivity contribution is 5.90. The van der Waals surface area contributed by atoms with Gasteiger partial charge in [-0.3, -0.25) is 19.7 Å². The predicted octanol–water partition coefficient (Wildman–Crippen LogP) is 2.22. The van der Waals surface area contributed by atoms with Gasteiger partial charge in [-0.05, 0) is 61.8 Å². The lowest BCUT2D eigenvalue weighted by molar-refractivity contribution is -0.150. The molecule has 0 bridgehead atoms. The molecular weight excluding hydrogens is 354 g/mol.